The van der Waals surface area contributed by atoms with Gasteiger partial charge in [-0.1, -0.05) is 0 Å². The molecule has 0 radical (unpaired) electrons. The lowest BCUT2D eigenvalue weighted by Crippen LogP contribution is -1.92. The van der Waals surface area contributed by atoms with Gasteiger partial charge in [0, 0.05) is 5.69 Å². The van der Waals surface area contributed by atoms with Gasteiger partial charge in [0.1, 0.15) is 6.33 Å². The Balaban J connectivity index is 2.96. The fraction of sp³-hybridized carbons (Fsp3) is 0.143. The zero-order valence-corrected chi connectivity index (χ0v) is 7.54. The van der Waals surface area contributed by atoms with Crippen molar-refractivity contribution in [2.45, 2.75) is 6.92 Å². The maximum atomic E-state index is 4.08. The third-order valence-corrected chi connectivity index (χ3v) is 2.19. The molecule has 4 heteroatoms. The molecule has 0 aliphatic heterocycles. The van der Waals surface area contributed by atoms with Gasteiger partial charge in [0.25, 0.3) is 0 Å². The van der Waals surface area contributed by atoms with Crippen molar-refractivity contribution in [1.29, 1.82) is 0 Å². The molecule has 0 aliphatic carbocycles. The molecule has 0 bridgehead atoms. The van der Waals surface area contributed by atoms with Crippen molar-refractivity contribution in [3.05, 3.63) is 28.6 Å². The molecule has 0 amide bonds. The zero-order chi connectivity index (χ0) is 7.84. The number of nitrogens with zero attached hydrogens (tertiary/aromatic N) is 3. The van der Waals surface area contributed by atoms with Crippen LogP contribution in [0.2, 0.25) is 0 Å². The largest absolute Gasteiger partial charge is 0.217 e. The minimum atomic E-state index is 0.866. The maximum Gasteiger partial charge on any atom is 0.169 e. The first kappa shape index (κ1) is 6.79. The first-order valence-electron chi connectivity index (χ1n) is 3.24. The first-order chi connectivity index (χ1) is 5.29. The van der Waals surface area contributed by atoms with Gasteiger partial charge >= 0.3 is 0 Å². The summed E-state index contributed by atoms with van der Waals surface area (Å²) in [7, 11) is 0. The van der Waals surface area contributed by atoms with Crippen LogP contribution in [0.3, 0.4) is 0 Å². The Morgan fingerprint density at radius 2 is 2.27 bits per heavy atom. The molecule has 0 unspecified atom stereocenters. The second-order valence-electron chi connectivity index (χ2n) is 2.32. The van der Waals surface area contributed by atoms with E-state index in [1.54, 1.807) is 10.8 Å². The van der Waals surface area contributed by atoms with Crippen molar-refractivity contribution in [3.63, 3.8) is 0 Å². The lowest BCUT2D eigenvalue weighted by molar-refractivity contribution is 0.912. The van der Waals surface area contributed by atoms with Crippen LogP contribution in [-0.2, 0) is 0 Å². The van der Waals surface area contributed by atoms with E-state index >= 15 is 0 Å². The Labute approximate surface area is 72.2 Å². The summed E-state index contributed by atoms with van der Waals surface area (Å²) >= 11 is 3.39. The number of fused-ring (bicyclic) bond motifs is 1. The molecule has 0 fully saturated rings. The SMILES string of the molecule is Cc1ccc(Br)c2ncnn12. The van der Waals surface area contributed by atoms with Gasteiger partial charge in [0.15, 0.2) is 5.65 Å². The quantitative estimate of drug-likeness (QED) is 0.666. The van der Waals surface area contributed by atoms with Crippen molar-refractivity contribution >= 4 is 21.6 Å². The minimum absolute atomic E-state index is 0.866. The van der Waals surface area contributed by atoms with E-state index in [9.17, 15) is 0 Å². The van der Waals surface area contributed by atoms with E-state index in [4.69, 9.17) is 0 Å². The van der Waals surface area contributed by atoms with Crippen LogP contribution in [0.15, 0.2) is 22.9 Å². The molecule has 0 spiro atoms. The summed E-state index contributed by atoms with van der Waals surface area (Å²) in [6.07, 6.45) is 1.55. The molecule has 0 N–H and O–H groups in total. The van der Waals surface area contributed by atoms with Gasteiger partial charge in [-0.3, -0.25) is 0 Å². The molecular weight excluding hydrogens is 206 g/mol. The van der Waals surface area contributed by atoms with Gasteiger partial charge in [0.05, 0.1) is 4.47 Å². The summed E-state index contributed by atoms with van der Waals surface area (Å²) in [4.78, 5) is 4.08. The molecule has 0 atom stereocenters. The predicted molar refractivity (Wildman–Crippen MR) is 45.4 cm³/mol. The molecule has 0 aliphatic rings. The fourth-order valence-electron chi connectivity index (χ4n) is 1.00. The van der Waals surface area contributed by atoms with Crippen LogP contribution in [0.25, 0.3) is 5.65 Å². The smallest absolute Gasteiger partial charge is 0.169 e. The van der Waals surface area contributed by atoms with E-state index in [1.807, 2.05) is 19.1 Å². The molecule has 0 aromatic carbocycles. The topological polar surface area (TPSA) is 30.2 Å². The molecule has 11 heavy (non-hydrogen) atoms. The second-order valence-corrected chi connectivity index (χ2v) is 3.17. The average Bonchev–Trinajstić information content (AvgIpc) is 2.45. The van der Waals surface area contributed by atoms with E-state index in [0.29, 0.717) is 0 Å². The number of aromatic nitrogens is 3. The summed E-state index contributed by atoms with van der Waals surface area (Å²) < 4.78 is 2.77. The van der Waals surface area contributed by atoms with Crippen LogP contribution in [-0.4, -0.2) is 14.6 Å². The number of hydrogen-bond donors (Lipinski definition) is 0. The Morgan fingerprint density at radius 3 is 3.00 bits per heavy atom. The molecule has 2 rings (SSSR count). The van der Waals surface area contributed by atoms with Crippen LogP contribution < -0.4 is 0 Å². The summed E-state index contributed by atoms with van der Waals surface area (Å²) in [5.41, 5.74) is 1.95. The Bertz CT molecular complexity index is 357. The van der Waals surface area contributed by atoms with Crippen molar-refractivity contribution in [3.8, 4) is 0 Å². The highest BCUT2D eigenvalue weighted by Crippen LogP contribution is 2.15. The number of halogens is 1. The van der Waals surface area contributed by atoms with Crippen LogP contribution >= 0.6 is 15.9 Å². The summed E-state index contributed by atoms with van der Waals surface area (Å²) in [6.45, 7) is 1.99. The fourth-order valence-corrected chi connectivity index (χ4v) is 1.40. The highest BCUT2D eigenvalue weighted by atomic mass is 79.9. The summed E-state index contributed by atoms with van der Waals surface area (Å²) in [5.74, 6) is 0. The minimum Gasteiger partial charge on any atom is -0.217 e. The molecule has 2 aromatic heterocycles. The van der Waals surface area contributed by atoms with Gasteiger partial charge < -0.3 is 0 Å². The lowest BCUT2D eigenvalue weighted by Gasteiger charge is -1.97. The Hall–Kier alpha value is -0.900. The summed E-state index contributed by atoms with van der Waals surface area (Å²) in [5, 5.41) is 4.05. The van der Waals surface area contributed by atoms with Crippen molar-refractivity contribution in [1.82, 2.24) is 14.6 Å². The van der Waals surface area contributed by atoms with Crippen LogP contribution in [0.1, 0.15) is 5.69 Å². The van der Waals surface area contributed by atoms with E-state index in [1.165, 1.54) is 0 Å². The number of pyridine rings is 1. The third kappa shape index (κ3) is 0.939. The molecule has 0 saturated carbocycles. The molecule has 3 nitrogen and oxygen atoms in total. The number of aryl methyl sites for hydroxylation is 1. The normalized spacial score (nSPS) is 10.7. The van der Waals surface area contributed by atoms with Crippen LogP contribution in [0, 0.1) is 6.92 Å². The maximum absolute atomic E-state index is 4.08. The molecular formula is C7H6BrN3. The second kappa shape index (κ2) is 2.30. The molecule has 2 heterocycles. The van der Waals surface area contributed by atoms with Crippen molar-refractivity contribution in [2.24, 2.45) is 0 Å². The van der Waals surface area contributed by atoms with Gasteiger partial charge in [-0.2, -0.15) is 5.10 Å². The van der Waals surface area contributed by atoms with E-state index in [0.717, 1.165) is 15.8 Å². The molecule has 2 aromatic rings. The standard InChI is InChI=1S/C7H6BrN3/c1-5-2-3-6(8)7-9-4-10-11(5)7/h2-4H,1H3. The zero-order valence-electron chi connectivity index (χ0n) is 5.95. The Kier molecular flexibility index (Phi) is 1.42. The van der Waals surface area contributed by atoms with Crippen LogP contribution in [0.4, 0.5) is 0 Å². The number of hydrogen-bond acceptors (Lipinski definition) is 2. The van der Waals surface area contributed by atoms with Crippen LogP contribution in [0.5, 0.6) is 0 Å². The van der Waals surface area contributed by atoms with Crippen molar-refractivity contribution < 1.29 is 0 Å². The van der Waals surface area contributed by atoms with E-state index in [-0.39, 0.29) is 0 Å². The van der Waals surface area contributed by atoms with Gasteiger partial charge in [-0.05, 0) is 35.0 Å². The van der Waals surface area contributed by atoms with Gasteiger partial charge in [-0.25, -0.2) is 9.50 Å². The predicted octanol–water partition coefficient (Wildman–Crippen LogP) is 1.80. The first-order valence-corrected chi connectivity index (χ1v) is 4.03. The average molecular weight is 212 g/mol. The monoisotopic (exact) mass is 211 g/mol. The van der Waals surface area contributed by atoms with E-state index < -0.39 is 0 Å². The lowest BCUT2D eigenvalue weighted by atomic mass is 10.4. The number of rotatable bonds is 0. The van der Waals surface area contributed by atoms with E-state index in [2.05, 4.69) is 26.0 Å². The molecule has 56 valence electrons. The van der Waals surface area contributed by atoms with Gasteiger partial charge in [-0.15, -0.1) is 0 Å². The molecule has 0 saturated heterocycles. The third-order valence-electron chi connectivity index (χ3n) is 1.57. The Morgan fingerprint density at radius 1 is 1.45 bits per heavy atom. The summed E-state index contributed by atoms with van der Waals surface area (Å²) in [6, 6.07) is 3.96. The highest BCUT2D eigenvalue weighted by Gasteiger charge is 2.01. The highest BCUT2D eigenvalue weighted by molar-refractivity contribution is 9.10. The van der Waals surface area contributed by atoms with Gasteiger partial charge in [0.2, 0.25) is 0 Å². The van der Waals surface area contributed by atoms with Crippen molar-refractivity contribution in [2.75, 3.05) is 0 Å².